The van der Waals surface area contributed by atoms with Crippen molar-refractivity contribution in [3.8, 4) is 11.8 Å². The lowest BCUT2D eigenvalue weighted by molar-refractivity contribution is -0.125. The first kappa shape index (κ1) is 30.0. The highest BCUT2D eigenvalue weighted by atomic mass is 16.5. The fourth-order valence-corrected chi connectivity index (χ4v) is 4.06. The lowest BCUT2D eigenvalue weighted by Gasteiger charge is -2.24. The van der Waals surface area contributed by atoms with Crippen LogP contribution in [-0.4, -0.2) is 74.5 Å². The molecule has 210 valence electrons. The highest BCUT2D eigenvalue weighted by Gasteiger charge is 2.32. The second-order valence-corrected chi connectivity index (χ2v) is 8.90. The van der Waals surface area contributed by atoms with E-state index >= 15 is 0 Å². The summed E-state index contributed by atoms with van der Waals surface area (Å²) in [5.74, 6) is 5.33. The second kappa shape index (κ2) is 15.8. The molecule has 40 heavy (non-hydrogen) atoms. The Morgan fingerprint density at radius 3 is 2.58 bits per heavy atom. The Bertz CT molecular complexity index is 1270. The van der Waals surface area contributed by atoms with E-state index < -0.39 is 0 Å². The van der Waals surface area contributed by atoms with Crippen molar-refractivity contribution in [3.05, 3.63) is 64.7 Å². The molecule has 11 nitrogen and oxygen atoms in total. The van der Waals surface area contributed by atoms with Gasteiger partial charge in [-0.05, 0) is 55.3 Å². The normalized spacial score (nSPS) is 12.5. The molecule has 1 aliphatic heterocycles. The van der Waals surface area contributed by atoms with Gasteiger partial charge in [-0.3, -0.25) is 29.3 Å². The molecule has 1 heterocycles. The van der Waals surface area contributed by atoms with E-state index in [0.717, 1.165) is 11.1 Å². The van der Waals surface area contributed by atoms with Crippen LogP contribution in [0.2, 0.25) is 0 Å². The molecule has 0 aromatic heterocycles. The number of ether oxygens (including phenoxy) is 2. The summed E-state index contributed by atoms with van der Waals surface area (Å²) in [6.45, 7) is 3.82. The van der Waals surface area contributed by atoms with E-state index in [1.54, 1.807) is 41.3 Å². The SMILES string of the molecule is CC(CCC(=O)NC=O)N1Cc2c(C#CCOCCOCCNC(=O)c3ccc(NC=O)cc3)cccc2C1=O. The Morgan fingerprint density at radius 1 is 1.05 bits per heavy atom. The standard InChI is InChI=1S/C29H32N4O7/c1-21(7-12-27(36)32-20-35)33-18-26-22(4-2-6-25(26)29(33)38)5-3-14-39-16-17-40-15-13-30-28(37)23-8-10-24(11-9-23)31-19-34/h2,4,6,8-11,19-21H,7,12-18H2,1H3,(H,30,37)(H,31,34)(H,32,35,36). The third-order valence-electron chi connectivity index (χ3n) is 6.21. The van der Waals surface area contributed by atoms with E-state index in [2.05, 4.69) is 27.8 Å². The molecule has 3 rings (SSSR count). The van der Waals surface area contributed by atoms with Gasteiger partial charge in [0, 0.05) is 47.9 Å². The van der Waals surface area contributed by atoms with Crippen molar-refractivity contribution >= 4 is 36.2 Å². The van der Waals surface area contributed by atoms with Gasteiger partial charge >= 0.3 is 0 Å². The van der Waals surface area contributed by atoms with Gasteiger partial charge in [0.15, 0.2) is 0 Å². The maximum absolute atomic E-state index is 12.9. The lowest BCUT2D eigenvalue weighted by atomic mass is 10.0. The number of nitrogens with one attached hydrogen (secondary N) is 3. The molecule has 2 aromatic rings. The molecule has 0 saturated carbocycles. The summed E-state index contributed by atoms with van der Waals surface area (Å²) in [6.07, 6.45) is 1.52. The zero-order chi connectivity index (χ0) is 28.7. The van der Waals surface area contributed by atoms with Crippen LogP contribution in [0.3, 0.4) is 0 Å². The van der Waals surface area contributed by atoms with Crippen LogP contribution in [0.1, 0.15) is 51.6 Å². The van der Waals surface area contributed by atoms with Crippen LogP contribution in [0.4, 0.5) is 5.69 Å². The fraction of sp³-hybridized carbons (Fsp3) is 0.345. The van der Waals surface area contributed by atoms with Crippen LogP contribution in [0, 0.1) is 11.8 Å². The first-order valence-corrected chi connectivity index (χ1v) is 12.8. The lowest BCUT2D eigenvalue weighted by Crippen LogP contribution is -2.34. The number of rotatable bonds is 15. The number of benzene rings is 2. The molecule has 0 radical (unpaired) electrons. The van der Waals surface area contributed by atoms with Crippen LogP contribution < -0.4 is 16.0 Å². The van der Waals surface area contributed by atoms with Crippen molar-refractivity contribution in [2.75, 3.05) is 38.3 Å². The van der Waals surface area contributed by atoms with Gasteiger partial charge in [-0.25, -0.2) is 0 Å². The van der Waals surface area contributed by atoms with Gasteiger partial charge in [0.05, 0.1) is 19.8 Å². The summed E-state index contributed by atoms with van der Waals surface area (Å²) in [5, 5.41) is 7.37. The largest absolute Gasteiger partial charge is 0.377 e. The van der Waals surface area contributed by atoms with E-state index in [0.29, 0.717) is 69.0 Å². The fourth-order valence-electron chi connectivity index (χ4n) is 4.06. The number of fused-ring (bicyclic) bond motifs is 1. The minimum Gasteiger partial charge on any atom is -0.377 e. The molecular formula is C29H32N4O7. The third-order valence-corrected chi connectivity index (χ3v) is 6.21. The Hall–Kier alpha value is -4.53. The van der Waals surface area contributed by atoms with Crippen LogP contribution in [0.15, 0.2) is 42.5 Å². The number of imide groups is 1. The number of hydrogen-bond acceptors (Lipinski definition) is 7. The van der Waals surface area contributed by atoms with Crippen molar-refractivity contribution in [1.29, 1.82) is 0 Å². The Kier molecular flexibility index (Phi) is 11.8. The summed E-state index contributed by atoms with van der Waals surface area (Å²) in [5.41, 5.74) is 3.29. The monoisotopic (exact) mass is 548 g/mol. The van der Waals surface area contributed by atoms with Crippen molar-refractivity contribution in [1.82, 2.24) is 15.5 Å². The predicted octanol–water partition coefficient (Wildman–Crippen LogP) is 1.47. The van der Waals surface area contributed by atoms with Gasteiger partial charge < -0.3 is 25.0 Å². The molecule has 5 amide bonds. The van der Waals surface area contributed by atoms with Crippen LogP contribution in [0.25, 0.3) is 0 Å². The molecule has 1 unspecified atom stereocenters. The summed E-state index contributed by atoms with van der Waals surface area (Å²) < 4.78 is 11.0. The minimum atomic E-state index is -0.372. The molecule has 3 N–H and O–H groups in total. The van der Waals surface area contributed by atoms with Gasteiger partial charge in [-0.2, -0.15) is 0 Å². The predicted molar refractivity (Wildman–Crippen MR) is 146 cm³/mol. The number of amides is 5. The molecule has 0 spiro atoms. The number of anilines is 1. The van der Waals surface area contributed by atoms with Gasteiger partial charge in [-0.1, -0.05) is 17.9 Å². The summed E-state index contributed by atoms with van der Waals surface area (Å²) in [4.78, 5) is 59.1. The Balaban J connectivity index is 1.34. The van der Waals surface area contributed by atoms with Crippen LogP contribution >= 0.6 is 0 Å². The van der Waals surface area contributed by atoms with Gasteiger partial charge in [-0.15, -0.1) is 0 Å². The zero-order valence-electron chi connectivity index (χ0n) is 22.2. The highest BCUT2D eigenvalue weighted by molar-refractivity contribution is 5.99. The Labute approximate surface area is 232 Å². The van der Waals surface area contributed by atoms with Crippen LogP contribution in [0.5, 0.6) is 0 Å². The maximum atomic E-state index is 12.9. The highest BCUT2D eigenvalue weighted by Crippen LogP contribution is 2.28. The van der Waals surface area contributed by atoms with Gasteiger partial charge in [0.1, 0.15) is 6.61 Å². The molecular weight excluding hydrogens is 516 g/mol. The molecule has 0 bridgehead atoms. The van der Waals surface area contributed by atoms with E-state index in [1.165, 1.54) is 0 Å². The van der Waals surface area contributed by atoms with Gasteiger partial charge in [0.2, 0.25) is 18.7 Å². The maximum Gasteiger partial charge on any atom is 0.254 e. The smallest absolute Gasteiger partial charge is 0.254 e. The van der Waals surface area contributed by atoms with E-state index in [-0.39, 0.29) is 36.8 Å². The number of nitrogens with zero attached hydrogens (tertiary/aromatic N) is 1. The molecule has 1 aliphatic rings. The van der Waals surface area contributed by atoms with Gasteiger partial charge in [0.25, 0.3) is 11.8 Å². The molecule has 11 heteroatoms. The first-order chi connectivity index (χ1) is 19.4. The quantitative estimate of drug-likeness (QED) is 0.174. The molecule has 2 aromatic carbocycles. The summed E-state index contributed by atoms with van der Waals surface area (Å²) in [7, 11) is 0. The molecule has 0 aliphatic carbocycles. The average molecular weight is 549 g/mol. The summed E-state index contributed by atoms with van der Waals surface area (Å²) in [6, 6.07) is 11.8. The number of carbonyl (C=O) groups is 5. The Morgan fingerprint density at radius 2 is 1.82 bits per heavy atom. The molecule has 1 atom stereocenters. The van der Waals surface area contributed by atoms with Crippen molar-refractivity contribution in [2.24, 2.45) is 0 Å². The van der Waals surface area contributed by atoms with Crippen molar-refractivity contribution < 1.29 is 33.4 Å². The van der Waals surface area contributed by atoms with E-state index in [4.69, 9.17) is 9.47 Å². The first-order valence-electron chi connectivity index (χ1n) is 12.8. The van der Waals surface area contributed by atoms with E-state index in [1.807, 2.05) is 13.0 Å². The average Bonchev–Trinajstić information content (AvgIpc) is 3.30. The molecule has 0 saturated heterocycles. The second-order valence-electron chi connectivity index (χ2n) is 8.90. The third kappa shape index (κ3) is 8.76. The van der Waals surface area contributed by atoms with Crippen LogP contribution in [-0.2, 0) is 30.4 Å². The van der Waals surface area contributed by atoms with Crippen molar-refractivity contribution in [3.63, 3.8) is 0 Å². The topological polar surface area (TPSA) is 143 Å². The zero-order valence-corrected chi connectivity index (χ0v) is 22.2. The minimum absolute atomic E-state index is 0.101. The number of hydrogen-bond donors (Lipinski definition) is 3. The molecule has 0 fully saturated rings. The van der Waals surface area contributed by atoms with Crippen molar-refractivity contribution in [2.45, 2.75) is 32.4 Å². The number of carbonyl (C=O) groups excluding carboxylic acids is 5. The summed E-state index contributed by atoms with van der Waals surface area (Å²) >= 11 is 0. The van der Waals surface area contributed by atoms with E-state index in [9.17, 15) is 24.0 Å².